The summed E-state index contributed by atoms with van der Waals surface area (Å²) < 4.78 is 28.5. The molecule has 4 rings (SSSR count). The van der Waals surface area contributed by atoms with Gasteiger partial charge in [0.15, 0.2) is 0 Å². The molecule has 0 atom stereocenters. The number of carbonyl (C=O) groups excluding carboxylic acids is 1. The number of aryl methyl sites for hydroxylation is 1. The van der Waals surface area contributed by atoms with Crippen molar-refractivity contribution >= 4 is 11.8 Å². The van der Waals surface area contributed by atoms with Gasteiger partial charge < -0.3 is 4.90 Å². The van der Waals surface area contributed by atoms with Gasteiger partial charge in [-0.15, -0.1) is 0 Å². The second-order valence-corrected chi connectivity index (χ2v) is 7.12. The number of anilines is 1. The van der Waals surface area contributed by atoms with Crippen molar-refractivity contribution in [3.63, 3.8) is 0 Å². The fourth-order valence-corrected chi connectivity index (χ4v) is 3.57. The highest BCUT2D eigenvalue weighted by molar-refractivity contribution is 5.89. The van der Waals surface area contributed by atoms with Crippen LogP contribution >= 0.6 is 0 Å². The summed E-state index contributed by atoms with van der Waals surface area (Å²) in [7, 11) is 1.68. The van der Waals surface area contributed by atoms with Crippen molar-refractivity contribution in [2.45, 2.75) is 25.7 Å². The first kappa shape index (κ1) is 16.1. The third-order valence-electron chi connectivity index (χ3n) is 5.23. The number of nitrogens with one attached hydrogen (secondary N) is 1. The minimum absolute atomic E-state index is 0.153. The van der Waals surface area contributed by atoms with Gasteiger partial charge in [-0.2, -0.15) is 5.10 Å². The smallest absolute Gasteiger partial charge is 0.323 e. The Hall–Kier alpha value is -2.44. The standard InChI is InChI=1S/C18H20F2N4O/c1-23-16(10-15(22-23)13-4-3-12(19)9-14(13)20)21-17(25)24-8-2-5-18(11-24)6-7-18/h3-4,9-10H,2,5-8,11H2,1H3,(H,21,25). The van der Waals surface area contributed by atoms with E-state index in [9.17, 15) is 13.6 Å². The Morgan fingerprint density at radius 3 is 2.76 bits per heavy atom. The quantitative estimate of drug-likeness (QED) is 0.900. The summed E-state index contributed by atoms with van der Waals surface area (Å²) in [6.45, 7) is 1.56. The number of rotatable bonds is 2. The Bertz CT molecular complexity index is 828. The van der Waals surface area contributed by atoms with Crippen LogP contribution in [0.15, 0.2) is 24.3 Å². The molecule has 7 heteroatoms. The van der Waals surface area contributed by atoms with Crippen molar-refractivity contribution in [2.24, 2.45) is 12.5 Å². The fraction of sp³-hybridized carbons (Fsp3) is 0.444. The molecule has 1 N–H and O–H groups in total. The molecular formula is C18H20F2N4O. The predicted octanol–water partition coefficient (Wildman–Crippen LogP) is 3.77. The normalized spacial score (nSPS) is 18.4. The van der Waals surface area contributed by atoms with Crippen molar-refractivity contribution in [3.8, 4) is 11.3 Å². The van der Waals surface area contributed by atoms with E-state index < -0.39 is 11.6 Å². The first-order valence-corrected chi connectivity index (χ1v) is 8.51. The number of benzene rings is 1. The minimum atomic E-state index is -0.678. The summed E-state index contributed by atoms with van der Waals surface area (Å²) in [5.41, 5.74) is 0.907. The summed E-state index contributed by atoms with van der Waals surface area (Å²) in [4.78, 5) is 14.4. The van der Waals surface area contributed by atoms with E-state index in [-0.39, 0.29) is 11.6 Å². The zero-order valence-electron chi connectivity index (χ0n) is 14.1. The largest absolute Gasteiger partial charge is 0.324 e. The Morgan fingerprint density at radius 2 is 2.04 bits per heavy atom. The number of likely N-dealkylation sites (tertiary alicyclic amines) is 1. The van der Waals surface area contributed by atoms with Gasteiger partial charge in [0.2, 0.25) is 0 Å². The maximum absolute atomic E-state index is 13.9. The first-order chi connectivity index (χ1) is 12.0. The molecule has 0 radical (unpaired) electrons. The van der Waals surface area contributed by atoms with Gasteiger partial charge in [0.25, 0.3) is 0 Å². The van der Waals surface area contributed by atoms with Crippen LogP contribution in [0.5, 0.6) is 0 Å². The van der Waals surface area contributed by atoms with Crippen LogP contribution in [0.3, 0.4) is 0 Å². The summed E-state index contributed by atoms with van der Waals surface area (Å²) in [5.74, 6) is -0.827. The molecule has 2 aliphatic rings. The average molecular weight is 346 g/mol. The third-order valence-corrected chi connectivity index (χ3v) is 5.23. The molecular weight excluding hydrogens is 326 g/mol. The molecule has 2 heterocycles. The molecule has 2 amide bonds. The highest BCUT2D eigenvalue weighted by atomic mass is 19.1. The van der Waals surface area contributed by atoms with Crippen LogP contribution in [0.25, 0.3) is 11.3 Å². The molecule has 0 bridgehead atoms. The number of hydrogen-bond donors (Lipinski definition) is 1. The molecule has 2 aromatic rings. The molecule has 1 saturated carbocycles. The third kappa shape index (κ3) is 3.10. The number of halogens is 2. The molecule has 1 aromatic carbocycles. The summed E-state index contributed by atoms with van der Waals surface area (Å²) in [6.07, 6.45) is 4.65. The lowest BCUT2D eigenvalue weighted by Gasteiger charge is -2.32. The minimum Gasteiger partial charge on any atom is -0.324 e. The van der Waals surface area contributed by atoms with E-state index in [4.69, 9.17) is 0 Å². The topological polar surface area (TPSA) is 50.2 Å². The van der Waals surface area contributed by atoms with Gasteiger partial charge in [0.05, 0.1) is 5.69 Å². The number of amides is 2. The Balaban J connectivity index is 1.51. The van der Waals surface area contributed by atoms with Crippen molar-refractivity contribution in [1.82, 2.24) is 14.7 Å². The molecule has 1 aliphatic heterocycles. The van der Waals surface area contributed by atoms with E-state index in [1.165, 1.54) is 36.1 Å². The molecule has 132 valence electrons. The number of carbonyl (C=O) groups is 1. The Labute approximate surface area is 144 Å². The average Bonchev–Trinajstić information content (AvgIpc) is 3.21. The Kier molecular flexibility index (Phi) is 3.74. The van der Waals surface area contributed by atoms with Crippen molar-refractivity contribution in [2.75, 3.05) is 18.4 Å². The fourth-order valence-electron chi connectivity index (χ4n) is 3.57. The second kappa shape index (κ2) is 5.82. The molecule has 5 nitrogen and oxygen atoms in total. The van der Waals surface area contributed by atoms with Gasteiger partial charge in [-0.3, -0.25) is 10.00 Å². The van der Waals surface area contributed by atoms with Crippen molar-refractivity contribution in [3.05, 3.63) is 35.9 Å². The van der Waals surface area contributed by atoms with Crippen LogP contribution in [0.4, 0.5) is 19.4 Å². The van der Waals surface area contributed by atoms with Gasteiger partial charge in [0, 0.05) is 37.8 Å². The van der Waals surface area contributed by atoms with Crippen LogP contribution in [0.1, 0.15) is 25.7 Å². The maximum Gasteiger partial charge on any atom is 0.323 e. The molecule has 1 aliphatic carbocycles. The zero-order valence-corrected chi connectivity index (χ0v) is 14.1. The molecule has 1 spiro atoms. The highest BCUT2D eigenvalue weighted by Gasteiger charge is 2.46. The van der Waals surface area contributed by atoms with Gasteiger partial charge in [-0.25, -0.2) is 13.6 Å². The lowest BCUT2D eigenvalue weighted by molar-refractivity contribution is 0.169. The number of urea groups is 1. The van der Waals surface area contributed by atoms with Gasteiger partial charge >= 0.3 is 6.03 Å². The second-order valence-electron chi connectivity index (χ2n) is 7.12. The van der Waals surface area contributed by atoms with Crippen LogP contribution in [0.2, 0.25) is 0 Å². The summed E-state index contributed by atoms with van der Waals surface area (Å²) >= 11 is 0. The molecule has 25 heavy (non-hydrogen) atoms. The molecule has 0 unspecified atom stereocenters. The van der Waals surface area contributed by atoms with E-state index >= 15 is 0 Å². The van der Waals surface area contributed by atoms with Gasteiger partial charge in [-0.05, 0) is 43.2 Å². The lowest BCUT2D eigenvalue weighted by Crippen LogP contribution is -2.43. The molecule has 1 saturated heterocycles. The number of aromatic nitrogens is 2. The first-order valence-electron chi connectivity index (χ1n) is 8.51. The monoisotopic (exact) mass is 346 g/mol. The molecule has 2 fully saturated rings. The number of piperidine rings is 1. The SMILES string of the molecule is Cn1nc(-c2ccc(F)cc2F)cc1NC(=O)N1CCCC2(CC2)C1. The van der Waals surface area contributed by atoms with E-state index in [2.05, 4.69) is 10.4 Å². The van der Waals surface area contributed by atoms with E-state index in [1.807, 2.05) is 4.90 Å². The van der Waals surface area contributed by atoms with Crippen LogP contribution in [-0.2, 0) is 7.05 Å². The maximum atomic E-state index is 13.9. The summed E-state index contributed by atoms with van der Waals surface area (Å²) in [6, 6.07) is 4.81. The predicted molar refractivity (Wildman–Crippen MR) is 90.1 cm³/mol. The van der Waals surface area contributed by atoms with Crippen LogP contribution in [0, 0.1) is 17.0 Å². The van der Waals surface area contributed by atoms with Gasteiger partial charge in [0.1, 0.15) is 17.5 Å². The zero-order chi connectivity index (χ0) is 17.6. The lowest BCUT2D eigenvalue weighted by atomic mass is 9.95. The van der Waals surface area contributed by atoms with Crippen LogP contribution in [-0.4, -0.2) is 33.8 Å². The van der Waals surface area contributed by atoms with E-state index in [0.717, 1.165) is 25.6 Å². The molecule has 1 aromatic heterocycles. The van der Waals surface area contributed by atoms with Crippen molar-refractivity contribution in [1.29, 1.82) is 0 Å². The van der Waals surface area contributed by atoms with Crippen molar-refractivity contribution < 1.29 is 13.6 Å². The van der Waals surface area contributed by atoms with E-state index in [0.29, 0.717) is 16.9 Å². The van der Waals surface area contributed by atoms with E-state index in [1.54, 1.807) is 13.1 Å². The van der Waals surface area contributed by atoms with Crippen LogP contribution < -0.4 is 5.32 Å². The highest BCUT2D eigenvalue weighted by Crippen LogP contribution is 2.52. The number of hydrogen-bond acceptors (Lipinski definition) is 2. The Morgan fingerprint density at radius 1 is 1.24 bits per heavy atom. The summed E-state index contributed by atoms with van der Waals surface area (Å²) in [5, 5.41) is 7.09. The van der Waals surface area contributed by atoms with Gasteiger partial charge in [-0.1, -0.05) is 0 Å². The number of nitrogens with zero attached hydrogens (tertiary/aromatic N) is 3.